The number of anilines is 1. The number of nitrogens with one attached hydrogen (secondary N) is 1. The molecule has 1 atom stereocenters. The number of hydrogen-bond acceptors (Lipinski definition) is 2. The first kappa shape index (κ1) is 15.6. The van der Waals surface area contributed by atoms with Gasteiger partial charge in [-0.3, -0.25) is 4.68 Å². The van der Waals surface area contributed by atoms with E-state index in [-0.39, 0.29) is 12.4 Å². The second-order valence-electron chi connectivity index (χ2n) is 4.60. The van der Waals surface area contributed by atoms with Crippen LogP contribution in [-0.4, -0.2) is 16.3 Å². The van der Waals surface area contributed by atoms with Gasteiger partial charge in [0.15, 0.2) is 0 Å². The fourth-order valence-electron chi connectivity index (χ4n) is 1.84. The van der Waals surface area contributed by atoms with Gasteiger partial charge in [-0.15, -0.1) is 12.4 Å². The zero-order valence-electron chi connectivity index (χ0n) is 11.5. The van der Waals surface area contributed by atoms with Gasteiger partial charge in [-0.2, -0.15) is 5.10 Å². The molecule has 3 nitrogen and oxygen atoms in total. The molecule has 0 aliphatic heterocycles. The summed E-state index contributed by atoms with van der Waals surface area (Å²) in [7, 11) is 0. The molecule has 0 spiro atoms. The van der Waals surface area contributed by atoms with E-state index >= 15 is 0 Å². The van der Waals surface area contributed by atoms with Gasteiger partial charge >= 0.3 is 0 Å². The summed E-state index contributed by atoms with van der Waals surface area (Å²) in [5.74, 6) is 0.964. The highest BCUT2D eigenvalue weighted by Gasteiger charge is 2.03. The van der Waals surface area contributed by atoms with Crippen LogP contribution in [0.3, 0.4) is 0 Å². The summed E-state index contributed by atoms with van der Waals surface area (Å²) in [6.07, 6.45) is 4.17. The van der Waals surface area contributed by atoms with Gasteiger partial charge in [-0.1, -0.05) is 37.3 Å². The monoisotopic (exact) mass is 279 g/mol. The van der Waals surface area contributed by atoms with Crippen molar-refractivity contribution in [2.75, 3.05) is 11.9 Å². The molecular weight excluding hydrogens is 258 g/mol. The fourth-order valence-corrected chi connectivity index (χ4v) is 1.84. The molecule has 0 bridgehead atoms. The van der Waals surface area contributed by atoms with Gasteiger partial charge in [-0.25, -0.2) is 0 Å². The second-order valence-corrected chi connectivity index (χ2v) is 4.60. The van der Waals surface area contributed by atoms with Crippen LogP contribution in [0.5, 0.6) is 0 Å². The number of nitrogens with zero attached hydrogens (tertiary/aromatic N) is 2. The van der Waals surface area contributed by atoms with E-state index in [0.717, 1.165) is 25.2 Å². The van der Waals surface area contributed by atoms with Crippen LogP contribution >= 0.6 is 12.4 Å². The van der Waals surface area contributed by atoms with Gasteiger partial charge < -0.3 is 5.32 Å². The Kier molecular flexibility index (Phi) is 6.43. The topological polar surface area (TPSA) is 29.9 Å². The van der Waals surface area contributed by atoms with Crippen molar-refractivity contribution >= 4 is 18.2 Å². The van der Waals surface area contributed by atoms with Crippen molar-refractivity contribution in [3.8, 4) is 0 Å². The van der Waals surface area contributed by atoms with Crippen LogP contribution in [-0.2, 0) is 6.42 Å². The Hall–Kier alpha value is -1.48. The van der Waals surface area contributed by atoms with Crippen molar-refractivity contribution < 1.29 is 0 Å². The summed E-state index contributed by atoms with van der Waals surface area (Å²) in [5.41, 5.74) is 1.35. The largest absolute Gasteiger partial charge is 0.368 e. The van der Waals surface area contributed by atoms with Crippen molar-refractivity contribution in [3.63, 3.8) is 0 Å². The Morgan fingerprint density at radius 3 is 2.63 bits per heavy atom. The molecule has 0 aliphatic carbocycles. The third-order valence-electron chi connectivity index (χ3n) is 3.21. The van der Waals surface area contributed by atoms with Crippen molar-refractivity contribution in [1.82, 2.24) is 9.78 Å². The van der Waals surface area contributed by atoms with Gasteiger partial charge in [0.2, 0.25) is 0 Å². The SMILES string of the molecule is CCC(C)n1ccc(NCCc2ccccc2)n1.Cl. The van der Waals surface area contributed by atoms with E-state index in [9.17, 15) is 0 Å². The lowest BCUT2D eigenvalue weighted by atomic mass is 10.1. The first-order chi connectivity index (χ1) is 8.79. The number of hydrogen-bond donors (Lipinski definition) is 1. The highest BCUT2D eigenvalue weighted by molar-refractivity contribution is 5.85. The number of aromatic nitrogens is 2. The summed E-state index contributed by atoms with van der Waals surface area (Å²) in [6, 6.07) is 13.0. The average Bonchev–Trinajstić information content (AvgIpc) is 2.88. The molecule has 1 heterocycles. The molecule has 1 aromatic carbocycles. The van der Waals surface area contributed by atoms with E-state index in [1.807, 2.05) is 23.0 Å². The zero-order chi connectivity index (χ0) is 12.8. The summed E-state index contributed by atoms with van der Waals surface area (Å²) in [4.78, 5) is 0. The van der Waals surface area contributed by atoms with E-state index in [0.29, 0.717) is 6.04 Å². The molecule has 4 heteroatoms. The van der Waals surface area contributed by atoms with Crippen LogP contribution in [0, 0.1) is 0 Å². The van der Waals surface area contributed by atoms with Gasteiger partial charge in [0.25, 0.3) is 0 Å². The molecule has 2 aromatic rings. The smallest absolute Gasteiger partial charge is 0.148 e. The van der Waals surface area contributed by atoms with Crippen LogP contribution in [0.2, 0.25) is 0 Å². The van der Waals surface area contributed by atoms with Gasteiger partial charge in [-0.05, 0) is 25.3 Å². The maximum atomic E-state index is 4.52. The summed E-state index contributed by atoms with van der Waals surface area (Å²) in [6.45, 7) is 5.27. The molecule has 1 unspecified atom stereocenters. The maximum Gasteiger partial charge on any atom is 0.148 e. The van der Waals surface area contributed by atoms with Crippen molar-refractivity contribution in [1.29, 1.82) is 0 Å². The lowest BCUT2D eigenvalue weighted by molar-refractivity contribution is 0.479. The molecule has 0 fully saturated rings. The van der Waals surface area contributed by atoms with Gasteiger partial charge in [0, 0.05) is 24.8 Å². The van der Waals surface area contributed by atoms with Crippen molar-refractivity contribution in [2.45, 2.75) is 32.7 Å². The van der Waals surface area contributed by atoms with E-state index in [4.69, 9.17) is 0 Å². The molecule has 0 radical (unpaired) electrons. The molecule has 2 rings (SSSR count). The number of halogens is 1. The zero-order valence-corrected chi connectivity index (χ0v) is 12.4. The Balaban J connectivity index is 0.00000180. The molecule has 0 amide bonds. The Bertz CT molecular complexity index is 467. The average molecular weight is 280 g/mol. The molecule has 0 saturated carbocycles. The Morgan fingerprint density at radius 2 is 1.95 bits per heavy atom. The van der Waals surface area contributed by atoms with Gasteiger partial charge in [0.05, 0.1) is 0 Å². The minimum atomic E-state index is 0. The molecule has 0 aliphatic rings. The number of rotatable bonds is 6. The summed E-state index contributed by atoms with van der Waals surface area (Å²) >= 11 is 0. The second kappa shape index (κ2) is 7.85. The van der Waals surface area contributed by atoms with Crippen LogP contribution in [0.4, 0.5) is 5.82 Å². The summed E-state index contributed by atoms with van der Waals surface area (Å²) < 4.78 is 2.02. The molecule has 1 aromatic heterocycles. The third-order valence-corrected chi connectivity index (χ3v) is 3.21. The lowest BCUT2D eigenvalue weighted by Gasteiger charge is -2.08. The number of benzene rings is 1. The van der Waals surface area contributed by atoms with E-state index in [1.54, 1.807) is 0 Å². The first-order valence-electron chi connectivity index (χ1n) is 6.62. The predicted molar refractivity (Wildman–Crippen MR) is 83.1 cm³/mol. The maximum absolute atomic E-state index is 4.52. The van der Waals surface area contributed by atoms with Crippen LogP contribution in [0.15, 0.2) is 42.6 Å². The van der Waals surface area contributed by atoms with Crippen molar-refractivity contribution in [2.24, 2.45) is 0 Å². The normalized spacial score (nSPS) is 11.7. The third kappa shape index (κ3) is 4.60. The molecule has 0 saturated heterocycles. The van der Waals surface area contributed by atoms with E-state index in [2.05, 4.69) is 48.5 Å². The summed E-state index contributed by atoms with van der Waals surface area (Å²) in [5, 5.41) is 7.88. The van der Waals surface area contributed by atoms with Crippen molar-refractivity contribution in [3.05, 3.63) is 48.2 Å². The standard InChI is InChI=1S/C15H21N3.ClH/c1-3-13(2)18-12-10-15(17-18)16-11-9-14-7-5-4-6-8-14;/h4-8,10,12-13H,3,9,11H2,1-2H3,(H,16,17);1H. The predicted octanol–water partition coefficient (Wildman–Crippen LogP) is 3.93. The highest BCUT2D eigenvalue weighted by Crippen LogP contribution is 2.11. The molecule has 1 N–H and O–H groups in total. The molecular formula is C15H22ClN3. The van der Waals surface area contributed by atoms with Gasteiger partial charge in [0.1, 0.15) is 5.82 Å². The minimum absolute atomic E-state index is 0. The Labute approximate surface area is 121 Å². The van der Waals surface area contributed by atoms with E-state index in [1.165, 1.54) is 5.56 Å². The minimum Gasteiger partial charge on any atom is -0.368 e. The fraction of sp³-hybridized carbons (Fsp3) is 0.400. The highest BCUT2D eigenvalue weighted by atomic mass is 35.5. The Morgan fingerprint density at radius 1 is 1.21 bits per heavy atom. The molecule has 104 valence electrons. The lowest BCUT2D eigenvalue weighted by Crippen LogP contribution is -2.08. The van der Waals surface area contributed by atoms with Crippen LogP contribution in [0.1, 0.15) is 31.9 Å². The van der Waals surface area contributed by atoms with Crippen LogP contribution in [0.25, 0.3) is 0 Å². The first-order valence-corrected chi connectivity index (χ1v) is 6.62. The van der Waals surface area contributed by atoms with Crippen LogP contribution < -0.4 is 5.32 Å². The quantitative estimate of drug-likeness (QED) is 0.868. The molecule has 19 heavy (non-hydrogen) atoms. The van der Waals surface area contributed by atoms with E-state index < -0.39 is 0 Å².